The van der Waals surface area contributed by atoms with E-state index in [4.69, 9.17) is 9.15 Å². The predicted molar refractivity (Wildman–Crippen MR) is 92.9 cm³/mol. The highest BCUT2D eigenvalue weighted by Crippen LogP contribution is 2.25. The van der Waals surface area contributed by atoms with Crippen LogP contribution in [0.25, 0.3) is 11.0 Å². The first kappa shape index (κ1) is 18.0. The Morgan fingerprint density at radius 2 is 1.83 bits per heavy atom. The van der Waals surface area contributed by atoms with Crippen molar-refractivity contribution in [3.63, 3.8) is 0 Å². The Morgan fingerprint density at radius 3 is 2.50 bits per heavy atom. The molecule has 1 aromatic heterocycles. The van der Waals surface area contributed by atoms with Gasteiger partial charge in [-0.3, -0.25) is 9.59 Å². The van der Waals surface area contributed by atoms with Gasteiger partial charge in [-0.15, -0.1) is 0 Å². The van der Waals surface area contributed by atoms with Gasteiger partial charge in [0.15, 0.2) is 6.61 Å². The van der Waals surface area contributed by atoms with Crippen LogP contribution in [0.15, 0.2) is 22.8 Å². The number of furan rings is 1. The van der Waals surface area contributed by atoms with Crippen molar-refractivity contribution in [3.8, 4) is 0 Å². The first-order valence-corrected chi connectivity index (χ1v) is 8.36. The van der Waals surface area contributed by atoms with Crippen LogP contribution in [0.2, 0.25) is 0 Å². The van der Waals surface area contributed by atoms with Gasteiger partial charge in [-0.25, -0.2) is 0 Å². The third kappa shape index (κ3) is 4.37. The molecule has 0 aliphatic rings. The van der Waals surface area contributed by atoms with Crippen LogP contribution in [0.4, 0.5) is 0 Å². The minimum Gasteiger partial charge on any atom is -0.464 e. The molecule has 0 aliphatic heterocycles. The SMILES string of the molecule is CCC(CC)NC(=O)COC(=O)Cc1coc2cc(C)c(C)cc12. The first-order chi connectivity index (χ1) is 11.4. The van der Waals surface area contributed by atoms with Crippen molar-refractivity contribution in [3.05, 3.63) is 35.1 Å². The molecule has 0 unspecified atom stereocenters. The second-order valence-electron chi connectivity index (χ2n) is 6.11. The summed E-state index contributed by atoms with van der Waals surface area (Å²) in [6.45, 7) is 7.81. The van der Waals surface area contributed by atoms with Gasteiger partial charge in [-0.05, 0) is 49.9 Å². The number of hydrogen-bond acceptors (Lipinski definition) is 4. The van der Waals surface area contributed by atoms with Crippen LogP contribution in [-0.2, 0) is 20.7 Å². The van der Waals surface area contributed by atoms with Gasteiger partial charge in [-0.2, -0.15) is 0 Å². The molecule has 5 heteroatoms. The average Bonchev–Trinajstić information content (AvgIpc) is 2.93. The number of fused-ring (bicyclic) bond motifs is 1. The summed E-state index contributed by atoms with van der Waals surface area (Å²) in [5.41, 5.74) is 3.82. The molecule has 0 atom stereocenters. The van der Waals surface area contributed by atoms with Gasteiger partial charge in [0.2, 0.25) is 0 Å². The molecule has 0 spiro atoms. The van der Waals surface area contributed by atoms with Gasteiger partial charge in [0.1, 0.15) is 5.58 Å². The molecule has 2 aromatic rings. The van der Waals surface area contributed by atoms with Crippen molar-refractivity contribution >= 4 is 22.8 Å². The third-order valence-corrected chi connectivity index (χ3v) is 4.32. The lowest BCUT2D eigenvalue weighted by molar-refractivity contribution is -0.148. The van der Waals surface area contributed by atoms with E-state index in [1.165, 1.54) is 0 Å². The van der Waals surface area contributed by atoms with E-state index in [0.717, 1.165) is 40.5 Å². The Balaban J connectivity index is 1.93. The Bertz CT molecular complexity index is 728. The number of ether oxygens (including phenoxy) is 1. The monoisotopic (exact) mass is 331 g/mol. The van der Waals surface area contributed by atoms with Crippen LogP contribution < -0.4 is 5.32 Å². The molecule has 130 valence electrons. The number of amides is 1. The summed E-state index contributed by atoms with van der Waals surface area (Å²) in [6.07, 6.45) is 3.38. The predicted octanol–water partition coefficient (Wildman–Crippen LogP) is 3.44. The Hall–Kier alpha value is -2.30. The highest BCUT2D eigenvalue weighted by atomic mass is 16.5. The number of rotatable bonds is 7. The van der Waals surface area contributed by atoms with Crippen LogP contribution in [0, 0.1) is 13.8 Å². The minimum absolute atomic E-state index is 0.0910. The maximum Gasteiger partial charge on any atom is 0.310 e. The van der Waals surface area contributed by atoms with E-state index in [-0.39, 0.29) is 25.0 Å². The van der Waals surface area contributed by atoms with Gasteiger partial charge >= 0.3 is 5.97 Å². The summed E-state index contributed by atoms with van der Waals surface area (Å²) >= 11 is 0. The third-order valence-electron chi connectivity index (χ3n) is 4.32. The number of hydrogen-bond donors (Lipinski definition) is 1. The molecule has 1 N–H and O–H groups in total. The van der Waals surface area contributed by atoms with Crippen molar-refractivity contribution in [2.24, 2.45) is 0 Å². The Labute approximate surface area is 142 Å². The Morgan fingerprint density at radius 1 is 1.17 bits per heavy atom. The van der Waals surface area contributed by atoms with Crippen LogP contribution >= 0.6 is 0 Å². The van der Waals surface area contributed by atoms with E-state index in [0.29, 0.717) is 0 Å². The fraction of sp³-hybridized carbons (Fsp3) is 0.474. The lowest BCUT2D eigenvalue weighted by Gasteiger charge is -2.14. The van der Waals surface area contributed by atoms with Crippen LogP contribution in [-0.4, -0.2) is 24.5 Å². The second-order valence-corrected chi connectivity index (χ2v) is 6.11. The summed E-state index contributed by atoms with van der Waals surface area (Å²) in [6, 6.07) is 4.10. The zero-order valence-electron chi connectivity index (χ0n) is 14.8. The van der Waals surface area contributed by atoms with E-state index in [1.807, 2.05) is 39.8 Å². The average molecular weight is 331 g/mol. The molecule has 0 saturated heterocycles. The zero-order chi connectivity index (χ0) is 17.7. The topological polar surface area (TPSA) is 68.5 Å². The zero-order valence-corrected chi connectivity index (χ0v) is 14.8. The summed E-state index contributed by atoms with van der Waals surface area (Å²) in [7, 11) is 0. The van der Waals surface area contributed by atoms with E-state index in [9.17, 15) is 9.59 Å². The van der Waals surface area contributed by atoms with Crippen LogP contribution in [0.1, 0.15) is 43.4 Å². The Kier molecular flexibility index (Phi) is 6.01. The number of esters is 1. The van der Waals surface area contributed by atoms with Gasteiger partial charge in [-0.1, -0.05) is 13.8 Å². The minimum atomic E-state index is -0.435. The van der Waals surface area contributed by atoms with E-state index in [2.05, 4.69) is 5.32 Å². The summed E-state index contributed by atoms with van der Waals surface area (Å²) in [5.74, 6) is -0.698. The normalized spacial score (nSPS) is 11.0. The van der Waals surface area contributed by atoms with Crippen molar-refractivity contribution in [1.29, 1.82) is 0 Å². The quantitative estimate of drug-likeness (QED) is 0.789. The number of aryl methyl sites for hydroxylation is 2. The van der Waals surface area contributed by atoms with E-state index >= 15 is 0 Å². The molecule has 24 heavy (non-hydrogen) atoms. The maximum atomic E-state index is 12.0. The highest BCUT2D eigenvalue weighted by molar-refractivity contribution is 5.87. The molecule has 1 heterocycles. The molecular formula is C19H25NO4. The van der Waals surface area contributed by atoms with Gasteiger partial charge < -0.3 is 14.5 Å². The molecule has 0 saturated carbocycles. The fourth-order valence-electron chi connectivity index (χ4n) is 2.59. The van der Waals surface area contributed by atoms with E-state index < -0.39 is 5.97 Å². The number of carbonyl (C=O) groups is 2. The second kappa shape index (κ2) is 7.99. The molecule has 0 bridgehead atoms. The first-order valence-electron chi connectivity index (χ1n) is 8.36. The van der Waals surface area contributed by atoms with Crippen molar-refractivity contribution in [2.75, 3.05) is 6.61 Å². The summed E-state index contributed by atoms with van der Waals surface area (Å²) in [5, 5.41) is 3.75. The van der Waals surface area contributed by atoms with Crippen molar-refractivity contribution in [1.82, 2.24) is 5.32 Å². The standard InChI is InChI=1S/C19H25NO4/c1-5-15(6-2)20-18(21)11-24-19(22)9-14-10-23-17-8-13(4)12(3)7-16(14)17/h7-8,10,15H,5-6,9,11H2,1-4H3,(H,20,21). The molecule has 1 amide bonds. The molecule has 0 aliphatic carbocycles. The van der Waals surface area contributed by atoms with Crippen LogP contribution in [0.3, 0.4) is 0 Å². The summed E-state index contributed by atoms with van der Waals surface area (Å²) < 4.78 is 10.6. The highest BCUT2D eigenvalue weighted by Gasteiger charge is 2.15. The number of benzene rings is 1. The van der Waals surface area contributed by atoms with Crippen LogP contribution in [0.5, 0.6) is 0 Å². The lowest BCUT2D eigenvalue weighted by Crippen LogP contribution is -2.37. The molecule has 0 radical (unpaired) electrons. The summed E-state index contributed by atoms with van der Waals surface area (Å²) in [4.78, 5) is 23.8. The molecule has 1 aromatic carbocycles. The smallest absolute Gasteiger partial charge is 0.310 e. The van der Waals surface area contributed by atoms with Gasteiger partial charge in [0.05, 0.1) is 12.7 Å². The van der Waals surface area contributed by atoms with Crippen molar-refractivity contribution in [2.45, 2.75) is 53.0 Å². The molecular weight excluding hydrogens is 306 g/mol. The largest absolute Gasteiger partial charge is 0.464 e. The number of carbonyl (C=O) groups excluding carboxylic acids is 2. The maximum absolute atomic E-state index is 12.0. The van der Waals surface area contributed by atoms with Gasteiger partial charge in [0.25, 0.3) is 5.91 Å². The lowest BCUT2D eigenvalue weighted by atomic mass is 10.0. The molecule has 0 fully saturated rings. The fourth-order valence-corrected chi connectivity index (χ4v) is 2.59. The van der Waals surface area contributed by atoms with Crippen molar-refractivity contribution < 1.29 is 18.7 Å². The molecule has 5 nitrogen and oxygen atoms in total. The number of nitrogens with one attached hydrogen (secondary N) is 1. The van der Waals surface area contributed by atoms with E-state index in [1.54, 1.807) is 6.26 Å². The molecule has 2 rings (SSSR count). The van der Waals surface area contributed by atoms with Gasteiger partial charge in [0, 0.05) is 17.0 Å².